The normalized spacial score (nSPS) is 30.1. The van der Waals surface area contributed by atoms with Crippen LogP contribution in [0.3, 0.4) is 0 Å². The second-order valence-corrected chi connectivity index (χ2v) is 11.6. The summed E-state index contributed by atoms with van der Waals surface area (Å²) in [6.45, 7) is 15.3. The third kappa shape index (κ3) is 10.0. The highest BCUT2D eigenvalue weighted by molar-refractivity contribution is 5.95. The molecule has 2 rings (SSSR count). The summed E-state index contributed by atoms with van der Waals surface area (Å²) in [6, 6.07) is 0.396. The minimum atomic E-state index is -1.51. The van der Waals surface area contributed by atoms with Crippen molar-refractivity contribution < 1.29 is 34.1 Å². The van der Waals surface area contributed by atoms with E-state index in [1.54, 1.807) is 56.1 Å². The van der Waals surface area contributed by atoms with Gasteiger partial charge in [-0.1, -0.05) is 31.2 Å². The van der Waals surface area contributed by atoms with Crippen LogP contribution in [0.25, 0.3) is 0 Å². The van der Waals surface area contributed by atoms with Gasteiger partial charge in [-0.25, -0.2) is 4.79 Å². The summed E-state index contributed by atoms with van der Waals surface area (Å²) in [4.78, 5) is 42.0. The Bertz CT molecular complexity index is 922. The van der Waals surface area contributed by atoms with Gasteiger partial charge >= 0.3 is 12.1 Å². The van der Waals surface area contributed by atoms with E-state index in [9.17, 15) is 24.6 Å². The molecule has 2 aliphatic rings. The second kappa shape index (κ2) is 13.5. The molecular formula is C29H46N2O7. The van der Waals surface area contributed by atoms with Crippen LogP contribution >= 0.6 is 0 Å². The molecule has 2 aliphatic heterocycles. The Morgan fingerprint density at radius 1 is 1.21 bits per heavy atom. The highest BCUT2D eigenvalue weighted by Crippen LogP contribution is 2.26. The molecule has 0 aromatic rings. The molecule has 2 heterocycles. The van der Waals surface area contributed by atoms with E-state index in [-0.39, 0.29) is 24.5 Å². The van der Waals surface area contributed by atoms with Crippen LogP contribution in [0.1, 0.15) is 67.7 Å². The number of ether oxygens (including phenoxy) is 2. The van der Waals surface area contributed by atoms with Crippen molar-refractivity contribution in [1.82, 2.24) is 9.80 Å². The molecule has 0 aromatic carbocycles. The molecule has 0 spiro atoms. The van der Waals surface area contributed by atoms with Gasteiger partial charge in [-0.2, -0.15) is 0 Å². The van der Waals surface area contributed by atoms with Crippen LogP contribution in [0, 0.1) is 5.92 Å². The molecule has 4 atom stereocenters. The van der Waals surface area contributed by atoms with Crippen molar-refractivity contribution in [3.05, 3.63) is 36.0 Å². The van der Waals surface area contributed by atoms with E-state index in [0.29, 0.717) is 24.7 Å². The average molecular weight is 535 g/mol. The average Bonchev–Trinajstić information content (AvgIpc) is 2.82. The number of rotatable bonds is 5. The first kappa shape index (κ1) is 31.7. The zero-order valence-corrected chi connectivity index (χ0v) is 24.0. The van der Waals surface area contributed by atoms with Crippen LogP contribution < -0.4 is 0 Å². The first-order valence-corrected chi connectivity index (χ1v) is 13.5. The van der Waals surface area contributed by atoms with Gasteiger partial charge in [0, 0.05) is 44.6 Å². The lowest BCUT2D eigenvalue weighted by Gasteiger charge is -2.38. The number of Topliss-reactive ketones (excluding diaryl/α,β-unsaturated/α-hetero) is 1. The first-order valence-electron chi connectivity index (χ1n) is 13.5. The fourth-order valence-corrected chi connectivity index (χ4v) is 4.47. The van der Waals surface area contributed by atoms with Crippen LogP contribution in [0.2, 0.25) is 0 Å². The van der Waals surface area contributed by atoms with Crippen molar-refractivity contribution in [3.8, 4) is 0 Å². The summed E-state index contributed by atoms with van der Waals surface area (Å²) in [6.07, 6.45) is 5.82. The van der Waals surface area contributed by atoms with E-state index in [2.05, 4.69) is 18.7 Å². The van der Waals surface area contributed by atoms with Gasteiger partial charge in [0.15, 0.2) is 6.10 Å². The number of aliphatic hydroxyl groups is 2. The van der Waals surface area contributed by atoms with Crippen molar-refractivity contribution in [2.75, 3.05) is 26.2 Å². The standard InChI is InChI=1S/C29H46N2O7/c1-20(2)30-15-17-31(18-16-30)27(34)37-24-11-10-22(4)26(21(3)9-8-13-28(5,6)35)38-25(33)19-23(32)12-14-29(24,7)36/h8-11,13,20,22,24,26,35-36H,12,14-19H2,1-7H3/b11-10+,13-8+,21-9+. The zero-order valence-electron chi connectivity index (χ0n) is 24.0. The first-order chi connectivity index (χ1) is 17.6. The van der Waals surface area contributed by atoms with Crippen LogP contribution in [0.5, 0.6) is 0 Å². The summed E-state index contributed by atoms with van der Waals surface area (Å²) in [7, 11) is 0. The number of cyclic esters (lactones) is 1. The topological polar surface area (TPSA) is 117 Å². The minimum Gasteiger partial charge on any atom is -0.457 e. The SMILES string of the molecule is C/C(=C\C=C\C(C)(C)O)C1OC(=O)CC(=O)CCC(C)(O)C(OC(=O)N2CCN(C(C)C)CC2)/C=C/C1C. The number of ketones is 1. The van der Waals surface area contributed by atoms with Crippen molar-refractivity contribution in [1.29, 1.82) is 0 Å². The number of carbonyl (C=O) groups is 3. The van der Waals surface area contributed by atoms with Gasteiger partial charge in [0.2, 0.25) is 0 Å². The van der Waals surface area contributed by atoms with Crippen molar-refractivity contribution in [3.63, 3.8) is 0 Å². The predicted octanol–water partition coefficient (Wildman–Crippen LogP) is 3.40. The van der Waals surface area contributed by atoms with Gasteiger partial charge < -0.3 is 24.6 Å². The number of nitrogens with zero attached hydrogens (tertiary/aromatic N) is 2. The number of esters is 1. The Morgan fingerprint density at radius 2 is 1.84 bits per heavy atom. The largest absolute Gasteiger partial charge is 0.457 e. The lowest BCUT2D eigenvalue weighted by molar-refractivity contribution is -0.151. The molecule has 0 aliphatic carbocycles. The van der Waals surface area contributed by atoms with E-state index < -0.39 is 41.9 Å². The molecule has 1 fully saturated rings. The number of allylic oxidation sites excluding steroid dienone is 2. The summed E-state index contributed by atoms with van der Waals surface area (Å²) in [5.41, 5.74) is -1.80. The van der Waals surface area contributed by atoms with E-state index in [1.165, 1.54) is 6.92 Å². The number of hydrogen-bond donors (Lipinski definition) is 2. The van der Waals surface area contributed by atoms with Crippen molar-refractivity contribution >= 4 is 17.8 Å². The molecule has 0 saturated carbocycles. The minimum absolute atomic E-state index is 0.0288. The molecule has 0 aromatic heterocycles. The molecular weight excluding hydrogens is 488 g/mol. The molecule has 38 heavy (non-hydrogen) atoms. The van der Waals surface area contributed by atoms with Crippen molar-refractivity contribution in [2.24, 2.45) is 5.92 Å². The zero-order chi connectivity index (χ0) is 28.7. The molecule has 0 bridgehead atoms. The summed E-state index contributed by atoms with van der Waals surface area (Å²) < 4.78 is 11.5. The van der Waals surface area contributed by atoms with E-state index in [1.807, 2.05) is 6.92 Å². The van der Waals surface area contributed by atoms with Gasteiger partial charge in [-0.15, -0.1) is 0 Å². The Kier molecular flexibility index (Phi) is 11.3. The molecule has 9 heteroatoms. The maximum absolute atomic E-state index is 13.0. The Labute approximate surface area is 227 Å². The number of hydrogen-bond acceptors (Lipinski definition) is 8. The smallest absolute Gasteiger partial charge is 0.410 e. The summed E-state index contributed by atoms with van der Waals surface area (Å²) in [5, 5.41) is 21.2. The highest BCUT2D eigenvalue weighted by Gasteiger charge is 2.37. The van der Waals surface area contributed by atoms with Crippen LogP contribution in [-0.4, -0.2) is 93.5 Å². The van der Waals surface area contributed by atoms with Gasteiger partial charge in [0.1, 0.15) is 23.9 Å². The Morgan fingerprint density at radius 3 is 2.42 bits per heavy atom. The fraction of sp³-hybridized carbons (Fsp3) is 0.690. The molecule has 0 radical (unpaired) electrons. The molecule has 214 valence electrons. The van der Waals surface area contributed by atoms with E-state index in [4.69, 9.17) is 9.47 Å². The highest BCUT2D eigenvalue weighted by atomic mass is 16.6. The Balaban J connectivity index is 2.29. The maximum atomic E-state index is 13.0. The predicted molar refractivity (Wildman–Crippen MR) is 145 cm³/mol. The number of amides is 1. The monoisotopic (exact) mass is 534 g/mol. The summed E-state index contributed by atoms with van der Waals surface area (Å²) in [5.74, 6) is -1.35. The fourth-order valence-electron chi connectivity index (χ4n) is 4.47. The van der Waals surface area contributed by atoms with Crippen LogP contribution in [0.4, 0.5) is 4.79 Å². The van der Waals surface area contributed by atoms with E-state index in [0.717, 1.165) is 13.1 Å². The van der Waals surface area contributed by atoms with Crippen molar-refractivity contribution in [2.45, 2.75) is 97.2 Å². The summed E-state index contributed by atoms with van der Waals surface area (Å²) >= 11 is 0. The third-order valence-electron chi connectivity index (χ3n) is 7.03. The van der Waals surface area contributed by atoms with Crippen LogP contribution in [0.15, 0.2) is 36.0 Å². The second-order valence-electron chi connectivity index (χ2n) is 11.6. The number of piperazine rings is 1. The Hall–Kier alpha value is -2.49. The van der Waals surface area contributed by atoms with Crippen LogP contribution in [-0.2, 0) is 19.1 Å². The molecule has 4 unspecified atom stereocenters. The van der Waals surface area contributed by atoms with Gasteiger partial charge in [0.05, 0.1) is 5.60 Å². The molecule has 9 nitrogen and oxygen atoms in total. The van der Waals surface area contributed by atoms with E-state index >= 15 is 0 Å². The third-order valence-corrected chi connectivity index (χ3v) is 7.03. The van der Waals surface area contributed by atoms with Gasteiger partial charge in [-0.3, -0.25) is 14.5 Å². The lowest BCUT2D eigenvalue weighted by Crippen LogP contribution is -2.52. The molecule has 1 amide bonds. The quantitative estimate of drug-likeness (QED) is 0.239. The maximum Gasteiger partial charge on any atom is 0.410 e. The number of carbonyl (C=O) groups excluding carboxylic acids is 3. The molecule has 1 saturated heterocycles. The van der Waals surface area contributed by atoms with Gasteiger partial charge in [0.25, 0.3) is 0 Å². The van der Waals surface area contributed by atoms with Gasteiger partial charge in [-0.05, 0) is 59.6 Å². The lowest BCUT2D eigenvalue weighted by atomic mass is 9.89. The molecule has 2 N–H and O–H groups in total.